The number of hydrogen-bond donors (Lipinski definition) is 1. The molecule has 0 unspecified atom stereocenters. The fourth-order valence-corrected chi connectivity index (χ4v) is 4.03. The number of piperidine rings is 1. The van der Waals surface area contributed by atoms with Gasteiger partial charge in [0.1, 0.15) is 6.54 Å². The molecule has 2 aromatic carbocycles. The highest BCUT2D eigenvalue weighted by Crippen LogP contribution is 2.17. The number of carbonyl (C=O) groups is 3. The summed E-state index contributed by atoms with van der Waals surface area (Å²) in [6.07, 6.45) is 5.12. The Balaban J connectivity index is 1.16. The fraction of sp³-hybridized carbons (Fsp3) is 0.333. The Morgan fingerprint density at radius 1 is 0.943 bits per heavy atom. The number of ketones is 1. The van der Waals surface area contributed by atoms with E-state index in [1.807, 2.05) is 41.3 Å². The lowest BCUT2D eigenvalue weighted by atomic mass is 10.1. The SMILES string of the molecule is O=C(CCC(=O)c1ccccc1)Nc1cnn(CC(=O)N2CCC(OCc3ccccc3)CC2)c1. The average molecular weight is 475 g/mol. The number of carbonyl (C=O) groups excluding carboxylic acids is 3. The van der Waals surface area contributed by atoms with E-state index in [2.05, 4.69) is 10.4 Å². The first-order valence-electron chi connectivity index (χ1n) is 11.9. The number of rotatable bonds is 10. The minimum atomic E-state index is -0.266. The molecule has 0 radical (unpaired) electrons. The smallest absolute Gasteiger partial charge is 0.244 e. The minimum Gasteiger partial charge on any atom is -0.373 e. The number of nitrogens with one attached hydrogen (secondary N) is 1. The fourth-order valence-electron chi connectivity index (χ4n) is 4.03. The van der Waals surface area contributed by atoms with E-state index in [1.54, 1.807) is 30.5 Å². The predicted molar refractivity (Wildman–Crippen MR) is 132 cm³/mol. The first-order valence-corrected chi connectivity index (χ1v) is 11.9. The topological polar surface area (TPSA) is 93.5 Å². The number of amides is 2. The molecule has 1 N–H and O–H groups in total. The van der Waals surface area contributed by atoms with Crippen molar-refractivity contribution < 1.29 is 19.1 Å². The summed E-state index contributed by atoms with van der Waals surface area (Å²) in [6, 6.07) is 19.0. The molecule has 1 aromatic heterocycles. The largest absolute Gasteiger partial charge is 0.373 e. The average Bonchev–Trinajstić information content (AvgIpc) is 3.33. The van der Waals surface area contributed by atoms with Crippen LogP contribution in [0.5, 0.6) is 0 Å². The molecule has 0 atom stereocenters. The molecule has 1 aliphatic heterocycles. The van der Waals surface area contributed by atoms with Gasteiger partial charge in [0.15, 0.2) is 5.78 Å². The zero-order valence-electron chi connectivity index (χ0n) is 19.6. The standard InChI is InChI=1S/C27H30N4O4/c32-25(22-9-5-2-6-10-22)11-12-26(33)29-23-17-28-31(18-23)19-27(34)30-15-13-24(14-16-30)35-20-21-7-3-1-4-8-21/h1-10,17-18,24H,11-16,19-20H2,(H,29,33). The van der Waals surface area contributed by atoms with Gasteiger partial charge < -0.3 is 15.0 Å². The zero-order valence-corrected chi connectivity index (χ0v) is 19.6. The summed E-state index contributed by atoms with van der Waals surface area (Å²) in [5.41, 5.74) is 2.25. The quantitative estimate of drug-likeness (QED) is 0.453. The van der Waals surface area contributed by atoms with E-state index >= 15 is 0 Å². The summed E-state index contributed by atoms with van der Waals surface area (Å²) in [6.45, 7) is 2.00. The molecular weight excluding hydrogens is 444 g/mol. The number of benzene rings is 2. The zero-order chi connectivity index (χ0) is 24.5. The lowest BCUT2D eigenvalue weighted by Crippen LogP contribution is -2.42. The van der Waals surface area contributed by atoms with Gasteiger partial charge in [0.25, 0.3) is 0 Å². The summed E-state index contributed by atoms with van der Waals surface area (Å²) in [5.74, 6) is -0.352. The van der Waals surface area contributed by atoms with Crippen LogP contribution in [0.4, 0.5) is 5.69 Å². The van der Waals surface area contributed by atoms with Gasteiger partial charge >= 0.3 is 0 Å². The van der Waals surface area contributed by atoms with Gasteiger partial charge in [-0.2, -0.15) is 5.10 Å². The summed E-state index contributed by atoms with van der Waals surface area (Å²) in [7, 11) is 0. The summed E-state index contributed by atoms with van der Waals surface area (Å²) in [4.78, 5) is 38.9. The normalized spacial score (nSPS) is 14.0. The van der Waals surface area contributed by atoms with Gasteiger partial charge in [-0.3, -0.25) is 19.1 Å². The van der Waals surface area contributed by atoms with Crippen molar-refractivity contribution in [2.75, 3.05) is 18.4 Å². The molecule has 2 heterocycles. The van der Waals surface area contributed by atoms with Crippen molar-refractivity contribution in [1.82, 2.24) is 14.7 Å². The van der Waals surface area contributed by atoms with Gasteiger partial charge in [0.05, 0.1) is 24.6 Å². The molecule has 0 saturated carbocycles. The maximum Gasteiger partial charge on any atom is 0.244 e. The van der Waals surface area contributed by atoms with E-state index in [4.69, 9.17) is 4.74 Å². The highest BCUT2D eigenvalue weighted by atomic mass is 16.5. The number of nitrogens with zero attached hydrogens (tertiary/aromatic N) is 3. The maximum atomic E-state index is 12.7. The van der Waals surface area contributed by atoms with Gasteiger partial charge in [-0.1, -0.05) is 60.7 Å². The van der Waals surface area contributed by atoms with Crippen molar-refractivity contribution in [3.8, 4) is 0 Å². The van der Waals surface area contributed by atoms with Crippen LogP contribution in [-0.2, 0) is 27.5 Å². The number of anilines is 1. The van der Waals surface area contributed by atoms with Crippen LogP contribution in [0, 0.1) is 0 Å². The van der Waals surface area contributed by atoms with Crippen LogP contribution in [0.1, 0.15) is 41.6 Å². The predicted octanol–water partition coefficient (Wildman–Crippen LogP) is 3.69. The Morgan fingerprint density at radius 2 is 1.63 bits per heavy atom. The van der Waals surface area contributed by atoms with Crippen molar-refractivity contribution in [3.05, 3.63) is 84.2 Å². The molecule has 8 heteroatoms. The highest BCUT2D eigenvalue weighted by molar-refractivity contribution is 5.99. The van der Waals surface area contributed by atoms with Gasteiger partial charge in [0.2, 0.25) is 11.8 Å². The molecule has 8 nitrogen and oxygen atoms in total. The van der Waals surface area contributed by atoms with Crippen LogP contribution in [0.15, 0.2) is 73.1 Å². The first kappa shape index (κ1) is 24.3. The first-order chi connectivity index (χ1) is 17.1. The summed E-state index contributed by atoms with van der Waals surface area (Å²) >= 11 is 0. The number of likely N-dealkylation sites (tertiary alicyclic amines) is 1. The van der Waals surface area contributed by atoms with Gasteiger partial charge in [0, 0.05) is 37.7 Å². The Bertz CT molecular complexity index is 1120. The Hall–Kier alpha value is -3.78. The summed E-state index contributed by atoms with van der Waals surface area (Å²) < 4.78 is 7.52. The van der Waals surface area contributed by atoms with Crippen LogP contribution in [0.2, 0.25) is 0 Å². The third kappa shape index (κ3) is 7.35. The van der Waals surface area contributed by atoms with Crippen LogP contribution in [0.25, 0.3) is 0 Å². The van der Waals surface area contributed by atoms with Crippen LogP contribution < -0.4 is 5.32 Å². The van der Waals surface area contributed by atoms with Gasteiger partial charge in [-0.05, 0) is 18.4 Å². The number of hydrogen-bond acceptors (Lipinski definition) is 5. The van der Waals surface area contributed by atoms with E-state index < -0.39 is 0 Å². The lowest BCUT2D eigenvalue weighted by molar-refractivity contribution is -0.134. The molecular formula is C27H30N4O4. The van der Waals surface area contributed by atoms with E-state index in [0.717, 1.165) is 18.4 Å². The van der Waals surface area contributed by atoms with Crippen LogP contribution >= 0.6 is 0 Å². The molecule has 3 aromatic rings. The number of Topliss-reactive ketones (excluding diaryl/α,β-unsaturated/α-hetero) is 1. The second-order valence-electron chi connectivity index (χ2n) is 8.64. The Morgan fingerprint density at radius 3 is 2.34 bits per heavy atom. The molecule has 1 aliphatic rings. The Labute approximate surface area is 204 Å². The van der Waals surface area contributed by atoms with E-state index in [-0.39, 0.29) is 43.1 Å². The van der Waals surface area contributed by atoms with Crippen molar-refractivity contribution >= 4 is 23.3 Å². The second kappa shape index (κ2) is 12.1. The summed E-state index contributed by atoms with van der Waals surface area (Å²) in [5, 5.41) is 6.93. The molecule has 35 heavy (non-hydrogen) atoms. The van der Waals surface area contributed by atoms with Crippen LogP contribution in [-0.4, -0.2) is 51.5 Å². The number of ether oxygens (including phenoxy) is 1. The molecule has 0 spiro atoms. The third-order valence-corrected chi connectivity index (χ3v) is 6.01. The minimum absolute atomic E-state index is 0.0130. The van der Waals surface area contributed by atoms with Crippen molar-refractivity contribution in [2.45, 2.75) is 44.9 Å². The second-order valence-corrected chi connectivity index (χ2v) is 8.64. The molecule has 1 saturated heterocycles. The van der Waals surface area contributed by atoms with Gasteiger partial charge in [-0.15, -0.1) is 0 Å². The monoisotopic (exact) mass is 474 g/mol. The van der Waals surface area contributed by atoms with Crippen molar-refractivity contribution in [2.24, 2.45) is 0 Å². The molecule has 0 aliphatic carbocycles. The highest BCUT2D eigenvalue weighted by Gasteiger charge is 2.23. The van der Waals surface area contributed by atoms with Crippen molar-refractivity contribution in [3.63, 3.8) is 0 Å². The molecule has 2 amide bonds. The van der Waals surface area contributed by atoms with Crippen molar-refractivity contribution in [1.29, 1.82) is 0 Å². The van der Waals surface area contributed by atoms with E-state index in [9.17, 15) is 14.4 Å². The molecule has 4 rings (SSSR count). The third-order valence-electron chi connectivity index (χ3n) is 6.01. The Kier molecular flexibility index (Phi) is 8.40. The van der Waals surface area contributed by atoms with Gasteiger partial charge in [-0.25, -0.2) is 0 Å². The number of aromatic nitrogens is 2. The van der Waals surface area contributed by atoms with Crippen LogP contribution in [0.3, 0.4) is 0 Å². The molecule has 182 valence electrons. The lowest BCUT2D eigenvalue weighted by Gasteiger charge is -2.32. The maximum absolute atomic E-state index is 12.7. The molecule has 1 fully saturated rings. The molecule has 0 bridgehead atoms. The van der Waals surface area contributed by atoms with E-state index in [1.165, 1.54) is 10.9 Å². The van der Waals surface area contributed by atoms with E-state index in [0.29, 0.717) is 30.9 Å².